The number of nitrogens with zero attached hydrogens (tertiary/aromatic N) is 3. The molecule has 1 aromatic heterocycles. The van der Waals surface area contributed by atoms with E-state index in [0.717, 1.165) is 22.8 Å². The van der Waals surface area contributed by atoms with Crippen molar-refractivity contribution in [3.63, 3.8) is 0 Å². The van der Waals surface area contributed by atoms with Crippen LogP contribution in [0.15, 0.2) is 65.8 Å². The molecule has 6 heteroatoms. The fourth-order valence-corrected chi connectivity index (χ4v) is 2.77. The number of aromatic nitrogens is 2. The van der Waals surface area contributed by atoms with Gasteiger partial charge in [0.15, 0.2) is 6.10 Å². The normalized spacial score (nSPS) is 16.1. The van der Waals surface area contributed by atoms with Gasteiger partial charge >= 0.3 is 0 Å². The molecule has 0 N–H and O–H groups in total. The topological polar surface area (TPSA) is 57.9 Å². The molecule has 132 valence electrons. The third-order valence-corrected chi connectivity index (χ3v) is 4.05. The standard InChI is InChI=1S/C20H19N3O3/c1-14-12-20(23(2)21-14)25-19-13-18(26-22-19)15-8-10-17(11-9-15)24-16-6-4-3-5-7-16/h3-12,18H,13H2,1-2H3/t18-/m1/s1. The van der Waals surface area contributed by atoms with Gasteiger partial charge in [-0.1, -0.05) is 35.5 Å². The van der Waals surface area contributed by atoms with Crippen LogP contribution in [0.4, 0.5) is 0 Å². The van der Waals surface area contributed by atoms with E-state index in [1.165, 1.54) is 0 Å². The number of hydrogen-bond acceptors (Lipinski definition) is 5. The van der Waals surface area contributed by atoms with Crippen molar-refractivity contribution in [1.29, 1.82) is 0 Å². The molecule has 0 amide bonds. The van der Waals surface area contributed by atoms with E-state index in [9.17, 15) is 0 Å². The van der Waals surface area contributed by atoms with Crippen molar-refractivity contribution in [3.05, 3.63) is 71.9 Å². The highest BCUT2D eigenvalue weighted by Crippen LogP contribution is 2.30. The molecule has 0 fully saturated rings. The zero-order valence-electron chi connectivity index (χ0n) is 14.6. The van der Waals surface area contributed by atoms with E-state index in [0.29, 0.717) is 18.2 Å². The predicted octanol–water partition coefficient (Wildman–Crippen LogP) is 4.37. The Morgan fingerprint density at radius 3 is 2.42 bits per heavy atom. The van der Waals surface area contributed by atoms with Gasteiger partial charge in [0, 0.05) is 13.1 Å². The van der Waals surface area contributed by atoms with E-state index in [2.05, 4.69) is 10.3 Å². The van der Waals surface area contributed by atoms with Gasteiger partial charge in [0.05, 0.1) is 12.1 Å². The molecule has 0 unspecified atom stereocenters. The zero-order chi connectivity index (χ0) is 17.9. The quantitative estimate of drug-likeness (QED) is 0.701. The summed E-state index contributed by atoms with van der Waals surface area (Å²) in [4.78, 5) is 5.52. The van der Waals surface area contributed by atoms with Crippen molar-refractivity contribution in [2.45, 2.75) is 19.4 Å². The molecule has 2 heterocycles. The third-order valence-electron chi connectivity index (χ3n) is 4.05. The molecule has 0 saturated carbocycles. The molecule has 0 saturated heterocycles. The van der Waals surface area contributed by atoms with Crippen molar-refractivity contribution in [2.75, 3.05) is 0 Å². The monoisotopic (exact) mass is 349 g/mol. The predicted molar refractivity (Wildman–Crippen MR) is 97.4 cm³/mol. The van der Waals surface area contributed by atoms with Gasteiger partial charge < -0.3 is 14.3 Å². The molecule has 1 aliphatic heterocycles. The van der Waals surface area contributed by atoms with Gasteiger partial charge in [-0.05, 0) is 36.8 Å². The number of aryl methyl sites for hydroxylation is 2. The average molecular weight is 349 g/mol. The minimum atomic E-state index is -0.162. The lowest BCUT2D eigenvalue weighted by atomic mass is 10.1. The van der Waals surface area contributed by atoms with Gasteiger partial charge in [-0.3, -0.25) is 0 Å². The lowest BCUT2D eigenvalue weighted by Crippen LogP contribution is -2.09. The molecule has 0 spiro atoms. The molecular weight excluding hydrogens is 330 g/mol. The number of oxime groups is 1. The summed E-state index contributed by atoms with van der Waals surface area (Å²) in [6.07, 6.45) is 0.411. The van der Waals surface area contributed by atoms with E-state index in [-0.39, 0.29) is 6.10 Å². The Morgan fingerprint density at radius 2 is 1.73 bits per heavy atom. The van der Waals surface area contributed by atoms with Crippen LogP contribution in [0.1, 0.15) is 23.8 Å². The first-order chi connectivity index (χ1) is 12.7. The van der Waals surface area contributed by atoms with E-state index in [1.807, 2.05) is 74.6 Å². The molecule has 0 aliphatic carbocycles. The second kappa shape index (κ2) is 6.92. The number of para-hydroxylation sites is 1. The van der Waals surface area contributed by atoms with Crippen molar-refractivity contribution >= 4 is 5.90 Å². The SMILES string of the molecule is Cc1cc(OC2=NO[C@@H](c3ccc(Oc4ccccc4)cc3)C2)n(C)n1. The van der Waals surface area contributed by atoms with Gasteiger partial charge in [0.25, 0.3) is 0 Å². The van der Waals surface area contributed by atoms with Crippen LogP contribution in [0, 0.1) is 6.92 Å². The van der Waals surface area contributed by atoms with E-state index in [1.54, 1.807) is 4.68 Å². The Balaban J connectivity index is 1.38. The van der Waals surface area contributed by atoms with Crippen molar-refractivity contribution < 1.29 is 14.3 Å². The van der Waals surface area contributed by atoms with Crippen LogP contribution in [-0.2, 0) is 11.9 Å². The lowest BCUT2D eigenvalue weighted by molar-refractivity contribution is 0.0855. The van der Waals surface area contributed by atoms with E-state index in [4.69, 9.17) is 14.3 Å². The van der Waals surface area contributed by atoms with Gasteiger partial charge in [0.2, 0.25) is 11.8 Å². The van der Waals surface area contributed by atoms with Crippen LogP contribution >= 0.6 is 0 Å². The summed E-state index contributed by atoms with van der Waals surface area (Å²) >= 11 is 0. The molecular formula is C20H19N3O3. The van der Waals surface area contributed by atoms with Crippen LogP contribution in [0.2, 0.25) is 0 Å². The highest BCUT2D eigenvalue weighted by molar-refractivity contribution is 5.79. The minimum absolute atomic E-state index is 0.162. The van der Waals surface area contributed by atoms with Crippen LogP contribution in [0.3, 0.4) is 0 Å². The summed E-state index contributed by atoms with van der Waals surface area (Å²) < 4.78 is 13.3. The Labute approximate surface area is 151 Å². The number of hydrogen-bond donors (Lipinski definition) is 0. The maximum atomic E-state index is 5.81. The summed E-state index contributed by atoms with van der Waals surface area (Å²) in [5.74, 6) is 2.78. The van der Waals surface area contributed by atoms with Gasteiger partial charge in [-0.2, -0.15) is 5.10 Å². The summed E-state index contributed by atoms with van der Waals surface area (Å²) in [5, 5.41) is 8.31. The van der Waals surface area contributed by atoms with E-state index < -0.39 is 0 Å². The Morgan fingerprint density at radius 1 is 1.00 bits per heavy atom. The molecule has 0 bridgehead atoms. The van der Waals surface area contributed by atoms with Crippen LogP contribution < -0.4 is 9.47 Å². The zero-order valence-corrected chi connectivity index (χ0v) is 14.6. The average Bonchev–Trinajstić information content (AvgIpc) is 3.23. The Kier molecular flexibility index (Phi) is 4.31. The molecule has 4 rings (SSSR count). The molecule has 2 aromatic carbocycles. The van der Waals surface area contributed by atoms with Crippen LogP contribution in [0.5, 0.6) is 17.4 Å². The van der Waals surface area contributed by atoms with Gasteiger partial charge in [0.1, 0.15) is 11.5 Å². The maximum Gasteiger partial charge on any atom is 0.237 e. The minimum Gasteiger partial charge on any atom is -0.457 e. The number of ether oxygens (including phenoxy) is 2. The molecule has 26 heavy (non-hydrogen) atoms. The van der Waals surface area contributed by atoms with Crippen molar-refractivity contribution in [2.24, 2.45) is 12.2 Å². The molecule has 1 aliphatic rings. The smallest absolute Gasteiger partial charge is 0.237 e. The summed E-state index contributed by atoms with van der Waals surface area (Å²) in [6.45, 7) is 1.92. The van der Waals surface area contributed by atoms with Crippen LogP contribution in [0.25, 0.3) is 0 Å². The first-order valence-corrected chi connectivity index (χ1v) is 8.41. The third kappa shape index (κ3) is 3.54. The van der Waals surface area contributed by atoms with Crippen LogP contribution in [-0.4, -0.2) is 15.7 Å². The van der Waals surface area contributed by atoms with Crippen molar-refractivity contribution in [3.8, 4) is 17.4 Å². The molecule has 3 aromatic rings. The maximum absolute atomic E-state index is 5.81. The molecule has 6 nitrogen and oxygen atoms in total. The fraction of sp³-hybridized carbons (Fsp3) is 0.200. The summed E-state index contributed by atoms with van der Waals surface area (Å²) in [6, 6.07) is 19.4. The van der Waals surface area contributed by atoms with Gasteiger partial charge in [-0.15, -0.1) is 0 Å². The number of benzene rings is 2. The molecule has 0 radical (unpaired) electrons. The second-order valence-corrected chi connectivity index (χ2v) is 6.12. The first-order valence-electron chi connectivity index (χ1n) is 8.41. The summed E-state index contributed by atoms with van der Waals surface area (Å²) in [5.41, 5.74) is 1.92. The second-order valence-electron chi connectivity index (χ2n) is 6.12. The first kappa shape index (κ1) is 16.2. The Bertz CT molecular complexity index is 917. The van der Waals surface area contributed by atoms with Gasteiger partial charge in [-0.25, -0.2) is 4.68 Å². The fourth-order valence-electron chi connectivity index (χ4n) is 2.77. The van der Waals surface area contributed by atoms with E-state index >= 15 is 0 Å². The molecule has 1 atom stereocenters. The lowest BCUT2D eigenvalue weighted by Gasteiger charge is -2.10. The summed E-state index contributed by atoms with van der Waals surface area (Å²) in [7, 11) is 1.83. The van der Waals surface area contributed by atoms with Crippen molar-refractivity contribution in [1.82, 2.24) is 9.78 Å². The highest BCUT2D eigenvalue weighted by atomic mass is 16.7. The number of rotatable bonds is 4. The highest BCUT2D eigenvalue weighted by Gasteiger charge is 2.25. The Hall–Kier alpha value is -3.28. The largest absolute Gasteiger partial charge is 0.457 e.